The normalized spacial score (nSPS) is 11.4. The van der Waals surface area contributed by atoms with Crippen LogP contribution in [0.4, 0.5) is 13.2 Å². The Morgan fingerprint density at radius 2 is 1.76 bits per heavy atom. The van der Waals surface area contributed by atoms with Gasteiger partial charge in [0.05, 0.1) is 18.2 Å². The minimum Gasteiger partial charge on any atom is -0.465 e. The Kier molecular flexibility index (Phi) is 4.31. The first-order valence-corrected chi connectivity index (χ1v) is 7.21. The van der Waals surface area contributed by atoms with Gasteiger partial charge in [-0.25, -0.2) is 9.78 Å². The third kappa shape index (κ3) is 3.40. The zero-order valence-electron chi connectivity index (χ0n) is 13.0. The van der Waals surface area contributed by atoms with Crippen molar-refractivity contribution in [3.8, 4) is 22.7 Å². The van der Waals surface area contributed by atoms with Gasteiger partial charge in [0.2, 0.25) is 5.89 Å². The minimum absolute atomic E-state index is 0.0591. The highest BCUT2D eigenvalue weighted by Crippen LogP contribution is 2.37. The fourth-order valence-corrected chi connectivity index (χ4v) is 2.35. The first-order chi connectivity index (χ1) is 11.9. The molecule has 4 nitrogen and oxygen atoms in total. The molecule has 0 spiro atoms. The molecule has 2 aromatic carbocycles. The van der Waals surface area contributed by atoms with Gasteiger partial charge in [-0.2, -0.15) is 13.2 Å². The van der Waals surface area contributed by atoms with E-state index in [1.807, 2.05) is 0 Å². The molecule has 0 aliphatic heterocycles. The number of halogens is 3. The van der Waals surface area contributed by atoms with Crippen LogP contribution in [-0.4, -0.2) is 18.1 Å². The van der Waals surface area contributed by atoms with Gasteiger partial charge >= 0.3 is 12.1 Å². The molecule has 0 aliphatic rings. The van der Waals surface area contributed by atoms with E-state index in [0.717, 1.165) is 6.07 Å². The number of methoxy groups -OCH3 is 1. The molecule has 0 saturated heterocycles. The van der Waals surface area contributed by atoms with E-state index in [-0.39, 0.29) is 17.1 Å². The lowest BCUT2D eigenvalue weighted by atomic mass is 10.0. The van der Waals surface area contributed by atoms with Crippen molar-refractivity contribution in [3.63, 3.8) is 0 Å². The van der Waals surface area contributed by atoms with Crippen molar-refractivity contribution in [1.82, 2.24) is 4.98 Å². The van der Waals surface area contributed by atoms with Crippen molar-refractivity contribution in [2.75, 3.05) is 7.11 Å². The predicted molar refractivity (Wildman–Crippen MR) is 83.7 cm³/mol. The fourth-order valence-electron chi connectivity index (χ4n) is 2.35. The molecule has 1 heterocycles. The van der Waals surface area contributed by atoms with E-state index in [4.69, 9.17) is 4.42 Å². The largest absolute Gasteiger partial charge is 0.465 e. The van der Waals surface area contributed by atoms with Crippen molar-refractivity contribution in [2.45, 2.75) is 6.18 Å². The van der Waals surface area contributed by atoms with Gasteiger partial charge in [-0.1, -0.05) is 18.2 Å². The molecule has 128 valence electrons. The van der Waals surface area contributed by atoms with Crippen LogP contribution < -0.4 is 0 Å². The molecular weight excluding hydrogens is 335 g/mol. The van der Waals surface area contributed by atoms with E-state index >= 15 is 0 Å². The smallest absolute Gasteiger partial charge is 0.417 e. The number of oxazole rings is 1. The van der Waals surface area contributed by atoms with Crippen LogP contribution in [0.15, 0.2) is 59.2 Å². The number of rotatable bonds is 3. The first-order valence-electron chi connectivity index (χ1n) is 7.21. The molecule has 3 aromatic rings. The van der Waals surface area contributed by atoms with Crippen molar-refractivity contribution in [1.29, 1.82) is 0 Å². The van der Waals surface area contributed by atoms with E-state index in [1.54, 1.807) is 12.1 Å². The fraction of sp³-hybridized carbons (Fsp3) is 0.111. The zero-order valence-corrected chi connectivity index (χ0v) is 13.0. The Morgan fingerprint density at radius 3 is 2.40 bits per heavy atom. The van der Waals surface area contributed by atoms with Gasteiger partial charge in [-0.15, -0.1) is 0 Å². The lowest BCUT2D eigenvalue weighted by Gasteiger charge is -2.10. The van der Waals surface area contributed by atoms with Gasteiger partial charge in [-0.05, 0) is 30.3 Å². The van der Waals surface area contributed by atoms with Crippen molar-refractivity contribution in [3.05, 3.63) is 65.9 Å². The third-order valence-electron chi connectivity index (χ3n) is 3.57. The van der Waals surface area contributed by atoms with Gasteiger partial charge in [-0.3, -0.25) is 0 Å². The van der Waals surface area contributed by atoms with Gasteiger partial charge in [0.1, 0.15) is 12.0 Å². The Morgan fingerprint density at radius 1 is 1.08 bits per heavy atom. The molecule has 0 amide bonds. The molecule has 0 saturated carbocycles. The second-order valence-corrected chi connectivity index (χ2v) is 5.15. The van der Waals surface area contributed by atoms with Gasteiger partial charge in [0, 0.05) is 11.1 Å². The van der Waals surface area contributed by atoms with Crippen LogP contribution in [0.5, 0.6) is 0 Å². The van der Waals surface area contributed by atoms with Gasteiger partial charge < -0.3 is 9.15 Å². The minimum atomic E-state index is -4.49. The summed E-state index contributed by atoms with van der Waals surface area (Å²) in [5, 5.41) is 0. The molecule has 0 aliphatic carbocycles. The maximum absolute atomic E-state index is 13.1. The predicted octanol–water partition coefficient (Wildman–Crippen LogP) is 4.81. The number of alkyl halides is 3. The maximum Gasteiger partial charge on any atom is 0.417 e. The third-order valence-corrected chi connectivity index (χ3v) is 3.57. The van der Waals surface area contributed by atoms with Crippen LogP contribution in [0, 0.1) is 0 Å². The summed E-state index contributed by atoms with van der Waals surface area (Å²) < 4.78 is 49.3. The van der Waals surface area contributed by atoms with E-state index in [9.17, 15) is 18.0 Å². The number of hydrogen-bond acceptors (Lipinski definition) is 4. The first kappa shape index (κ1) is 16.8. The highest BCUT2D eigenvalue weighted by Gasteiger charge is 2.34. The number of aromatic nitrogens is 1. The average molecular weight is 347 g/mol. The summed E-state index contributed by atoms with van der Waals surface area (Å²) in [7, 11) is 1.27. The quantitative estimate of drug-likeness (QED) is 0.638. The van der Waals surface area contributed by atoms with Crippen LogP contribution >= 0.6 is 0 Å². The van der Waals surface area contributed by atoms with Crippen LogP contribution in [0.2, 0.25) is 0 Å². The average Bonchev–Trinajstić information content (AvgIpc) is 3.10. The lowest BCUT2D eigenvalue weighted by Crippen LogP contribution is -2.06. The van der Waals surface area contributed by atoms with E-state index in [1.165, 1.54) is 43.7 Å². The van der Waals surface area contributed by atoms with E-state index < -0.39 is 17.7 Å². The SMILES string of the molecule is COC(=O)c1ccc(-c2nc(-c3ccccc3C(F)(F)F)co2)cc1. The maximum atomic E-state index is 13.1. The Balaban J connectivity index is 1.95. The highest BCUT2D eigenvalue weighted by atomic mass is 19.4. The van der Waals surface area contributed by atoms with Crippen LogP contribution in [-0.2, 0) is 10.9 Å². The molecule has 0 bridgehead atoms. The van der Waals surface area contributed by atoms with Gasteiger partial charge in [0.25, 0.3) is 0 Å². The second-order valence-electron chi connectivity index (χ2n) is 5.15. The summed E-state index contributed by atoms with van der Waals surface area (Å²) in [6.07, 6.45) is -3.31. The molecule has 0 N–H and O–H groups in total. The van der Waals surface area contributed by atoms with Gasteiger partial charge in [0.15, 0.2) is 0 Å². The molecular formula is C18H12F3NO3. The summed E-state index contributed by atoms with van der Waals surface area (Å²) in [5.74, 6) is -0.331. The molecule has 0 atom stereocenters. The number of benzene rings is 2. The Labute approximate surface area is 140 Å². The van der Waals surface area contributed by atoms with Crippen LogP contribution in [0.1, 0.15) is 15.9 Å². The number of esters is 1. The Bertz CT molecular complexity index is 898. The monoisotopic (exact) mass is 347 g/mol. The zero-order chi connectivity index (χ0) is 18.0. The van der Waals surface area contributed by atoms with Crippen molar-refractivity contribution in [2.24, 2.45) is 0 Å². The molecule has 0 radical (unpaired) electrons. The molecule has 1 aromatic heterocycles. The molecule has 0 fully saturated rings. The number of carbonyl (C=O) groups excluding carboxylic acids is 1. The molecule has 0 unspecified atom stereocenters. The van der Waals surface area contributed by atoms with Crippen LogP contribution in [0.3, 0.4) is 0 Å². The van der Waals surface area contributed by atoms with Crippen LogP contribution in [0.25, 0.3) is 22.7 Å². The van der Waals surface area contributed by atoms with E-state index in [2.05, 4.69) is 9.72 Å². The Hall–Kier alpha value is -3.09. The summed E-state index contributed by atoms with van der Waals surface area (Å²) in [4.78, 5) is 15.6. The van der Waals surface area contributed by atoms with Crippen molar-refractivity contribution >= 4 is 5.97 Å². The number of hydrogen-bond donors (Lipinski definition) is 0. The molecule has 3 rings (SSSR count). The van der Waals surface area contributed by atoms with Crippen molar-refractivity contribution < 1.29 is 27.1 Å². The topological polar surface area (TPSA) is 52.3 Å². The molecule has 7 heteroatoms. The summed E-state index contributed by atoms with van der Waals surface area (Å²) >= 11 is 0. The number of carbonyl (C=O) groups is 1. The summed E-state index contributed by atoms with van der Waals surface area (Å²) in [6, 6.07) is 11.4. The highest BCUT2D eigenvalue weighted by molar-refractivity contribution is 5.89. The summed E-state index contributed by atoms with van der Waals surface area (Å²) in [5.41, 5.74) is 0.121. The number of nitrogens with zero attached hydrogens (tertiary/aromatic N) is 1. The second kappa shape index (κ2) is 6.43. The summed E-state index contributed by atoms with van der Waals surface area (Å²) in [6.45, 7) is 0. The standard InChI is InChI=1S/C18H12F3NO3/c1-24-17(23)12-8-6-11(7-9-12)16-22-15(10-25-16)13-4-2-3-5-14(13)18(19,20)21/h2-10H,1H3. The number of ether oxygens (including phenoxy) is 1. The van der Waals surface area contributed by atoms with E-state index in [0.29, 0.717) is 11.1 Å². The molecule has 25 heavy (non-hydrogen) atoms. The lowest BCUT2D eigenvalue weighted by molar-refractivity contribution is -0.137.